The summed E-state index contributed by atoms with van der Waals surface area (Å²) in [6.07, 6.45) is 7.54. The number of nitrogens with two attached hydrogens (primary N) is 1. The number of para-hydroxylation sites is 2. The highest BCUT2D eigenvalue weighted by atomic mass is 16.5. The molecule has 2 fully saturated rings. The minimum Gasteiger partial charge on any atom is -0.492 e. The third-order valence-corrected chi connectivity index (χ3v) is 8.53. The van der Waals surface area contributed by atoms with E-state index in [1.54, 1.807) is 6.20 Å². The fourth-order valence-electron chi connectivity index (χ4n) is 5.87. The lowest BCUT2D eigenvalue weighted by Gasteiger charge is -2.37. The van der Waals surface area contributed by atoms with Crippen LogP contribution in [0.5, 0.6) is 5.75 Å². The maximum Gasteiger partial charge on any atom is 0.306 e. The molecule has 14 nitrogen and oxygen atoms in total. The fraction of sp³-hybridized carbons (Fsp3) is 0.562. The molecule has 5 N–H and O–H groups in total. The van der Waals surface area contributed by atoms with Gasteiger partial charge < -0.3 is 40.9 Å². The van der Waals surface area contributed by atoms with Crippen LogP contribution in [0.15, 0.2) is 41.0 Å². The minimum atomic E-state index is -0.749. The van der Waals surface area contributed by atoms with Crippen molar-refractivity contribution >= 4 is 41.6 Å². The molecule has 3 aliphatic rings. The van der Waals surface area contributed by atoms with Crippen LogP contribution in [0.4, 0.5) is 23.5 Å². The van der Waals surface area contributed by atoms with Crippen LogP contribution >= 0.6 is 0 Å². The molecular weight excluding hydrogens is 588 g/mol. The Bertz CT molecular complexity index is 1390. The molecule has 1 aromatic carbocycles. The Hall–Kier alpha value is -4.46. The molecule has 248 valence electrons. The van der Waals surface area contributed by atoms with E-state index in [-0.39, 0.29) is 11.8 Å². The molecule has 3 aliphatic heterocycles. The van der Waals surface area contributed by atoms with E-state index in [2.05, 4.69) is 36.4 Å². The van der Waals surface area contributed by atoms with Crippen molar-refractivity contribution in [1.29, 1.82) is 0 Å². The van der Waals surface area contributed by atoms with Gasteiger partial charge in [-0.2, -0.15) is 15.0 Å². The van der Waals surface area contributed by atoms with Gasteiger partial charge in [0.25, 0.3) is 0 Å². The standard InChI is InChI=1S/C32H46N10O4/c1-2-46-27-8-4-3-7-26(27)40-17-19-42(20-18-40)32-38-30(37-31(39-32)41-15-10-24(11-16-41)29(44)45)36-13-6-5-12-35-28(43)25(33)21-23-9-14-34-22-23/h3-4,7-8,14,22,24-25H,2,5-6,9-13,15-21,33H2,1H3,(H,35,43)(H,44,45)(H,36,37,38,39)/t25-/m0/s1. The summed E-state index contributed by atoms with van der Waals surface area (Å²) in [6.45, 7) is 7.96. The summed E-state index contributed by atoms with van der Waals surface area (Å²) in [5, 5.41) is 15.7. The normalized spacial score (nSPS) is 17.5. The lowest BCUT2D eigenvalue weighted by atomic mass is 9.97. The zero-order valence-electron chi connectivity index (χ0n) is 26.6. The van der Waals surface area contributed by atoms with Gasteiger partial charge in [0, 0.05) is 71.2 Å². The van der Waals surface area contributed by atoms with Crippen molar-refractivity contribution in [2.75, 3.05) is 79.0 Å². The van der Waals surface area contributed by atoms with E-state index in [0.717, 1.165) is 62.5 Å². The first kappa shape index (κ1) is 32.9. The molecule has 0 radical (unpaired) electrons. The summed E-state index contributed by atoms with van der Waals surface area (Å²) in [5.41, 5.74) is 8.21. The molecule has 0 bridgehead atoms. The number of carboxylic acids is 1. The molecule has 1 aromatic heterocycles. The van der Waals surface area contributed by atoms with E-state index >= 15 is 0 Å². The van der Waals surface area contributed by atoms with E-state index in [1.165, 1.54) is 0 Å². The SMILES string of the molecule is CCOc1ccccc1N1CCN(c2nc(NCCCCNC(=O)[C@@H](N)CC3=CN=CC3)nc(N3CCC(C(=O)O)CC3)n2)CC1. The minimum absolute atomic E-state index is 0.152. The predicted molar refractivity (Wildman–Crippen MR) is 179 cm³/mol. The molecule has 14 heteroatoms. The number of piperidine rings is 1. The monoisotopic (exact) mass is 634 g/mol. The summed E-state index contributed by atoms with van der Waals surface area (Å²) in [4.78, 5) is 48.9. The molecule has 1 atom stereocenters. The first-order valence-electron chi connectivity index (χ1n) is 16.3. The first-order chi connectivity index (χ1) is 22.4. The number of ether oxygens (including phenoxy) is 1. The molecule has 46 heavy (non-hydrogen) atoms. The van der Waals surface area contributed by atoms with E-state index in [9.17, 15) is 14.7 Å². The van der Waals surface area contributed by atoms with Gasteiger partial charge in [-0.15, -0.1) is 0 Å². The smallest absolute Gasteiger partial charge is 0.306 e. The number of nitrogens with zero attached hydrogens (tertiary/aromatic N) is 7. The van der Waals surface area contributed by atoms with Gasteiger partial charge >= 0.3 is 5.97 Å². The lowest BCUT2D eigenvalue weighted by Crippen LogP contribution is -2.47. The van der Waals surface area contributed by atoms with Crippen molar-refractivity contribution in [2.45, 2.75) is 51.5 Å². The number of unbranched alkanes of at least 4 members (excludes halogenated alkanes) is 1. The van der Waals surface area contributed by atoms with Crippen LogP contribution < -0.4 is 35.8 Å². The molecule has 0 spiro atoms. The molecule has 4 heterocycles. The number of hydrogen-bond donors (Lipinski definition) is 4. The second-order valence-corrected chi connectivity index (χ2v) is 11.8. The van der Waals surface area contributed by atoms with Crippen molar-refractivity contribution in [3.05, 3.63) is 36.0 Å². The van der Waals surface area contributed by atoms with Crippen molar-refractivity contribution in [1.82, 2.24) is 20.3 Å². The summed E-state index contributed by atoms with van der Waals surface area (Å²) < 4.78 is 5.86. The highest BCUT2D eigenvalue weighted by Gasteiger charge is 2.28. The summed E-state index contributed by atoms with van der Waals surface area (Å²) in [6, 6.07) is 7.54. The zero-order valence-corrected chi connectivity index (χ0v) is 26.6. The lowest BCUT2D eigenvalue weighted by molar-refractivity contribution is -0.142. The van der Waals surface area contributed by atoms with Crippen molar-refractivity contribution in [3.8, 4) is 5.75 Å². The number of rotatable bonds is 15. The average molecular weight is 635 g/mol. The van der Waals surface area contributed by atoms with E-state index in [4.69, 9.17) is 25.4 Å². The summed E-state index contributed by atoms with van der Waals surface area (Å²) in [7, 11) is 0. The Balaban J connectivity index is 1.17. The number of carboxylic acid groups (broad SMARTS) is 1. The number of aliphatic imine (C=N–C) groups is 1. The van der Waals surface area contributed by atoms with Gasteiger partial charge in [-0.1, -0.05) is 12.1 Å². The Morgan fingerprint density at radius 3 is 2.33 bits per heavy atom. The largest absolute Gasteiger partial charge is 0.492 e. The molecule has 5 rings (SSSR count). The van der Waals surface area contributed by atoms with Crippen molar-refractivity contribution in [3.63, 3.8) is 0 Å². The van der Waals surface area contributed by atoms with Crippen LogP contribution in [0.2, 0.25) is 0 Å². The van der Waals surface area contributed by atoms with Crippen LogP contribution in [-0.4, -0.2) is 103 Å². The van der Waals surface area contributed by atoms with Crippen molar-refractivity contribution in [2.24, 2.45) is 16.6 Å². The molecule has 0 unspecified atom stereocenters. The number of aliphatic carboxylic acids is 1. The third kappa shape index (κ3) is 8.83. The second kappa shape index (κ2) is 16.2. The van der Waals surface area contributed by atoms with Crippen LogP contribution in [0.3, 0.4) is 0 Å². The van der Waals surface area contributed by atoms with Gasteiger partial charge in [0.05, 0.1) is 24.3 Å². The van der Waals surface area contributed by atoms with Gasteiger partial charge in [-0.3, -0.25) is 14.6 Å². The summed E-state index contributed by atoms with van der Waals surface area (Å²) in [5.74, 6) is 1.30. The van der Waals surface area contributed by atoms with Gasteiger partial charge in [0.1, 0.15) is 5.75 Å². The Kier molecular flexibility index (Phi) is 11.6. The Labute approximate surface area is 270 Å². The van der Waals surface area contributed by atoms with Gasteiger partial charge in [0.15, 0.2) is 0 Å². The zero-order chi connectivity index (χ0) is 32.3. The Morgan fingerprint density at radius 2 is 1.65 bits per heavy atom. The molecule has 0 saturated carbocycles. The van der Waals surface area contributed by atoms with Gasteiger partial charge in [-0.25, -0.2) is 0 Å². The van der Waals surface area contributed by atoms with Crippen LogP contribution in [0.25, 0.3) is 0 Å². The second-order valence-electron chi connectivity index (χ2n) is 11.8. The average Bonchev–Trinajstić information content (AvgIpc) is 3.59. The topological polar surface area (TPSA) is 174 Å². The number of carbonyl (C=O) groups is 2. The first-order valence-corrected chi connectivity index (χ1v) is 16.3. The van der Waals surface area contributed by atoms with E-state index in [1.807, 2.05) is 31.3 Å². The van der Waals surface area contributed by atoms with E-state index < -0.39 is 12.0 Å². The number of nitrogens with one attached hydrogen (secondary N) is 2. The number of benzene rings is 1. The number of anilines is 4. The van der Waals surface area contributed by atoms with Crippen LogP contribution in [0.1, 0.15) is 45.4 Å². The van der Waals surface area contributed by atoms with E-state index in [0.29, 0.717) is 69.9 Å². The maximum absolute atomic E-state index is 12.4. The summed E-state index contributed by atoms with van der Waals surface area (Å²) >= 11 is 0. The van der Waals surface area contributed by atoms with Gasteiger partial charge in [-0.05, 0) is 56.7 Å². The number of amides is 1. The number of carbonyl (C=O) groups excluding carboxylic acids is 1. The number of piperazine rings is 1. The molecule has 1 amide bonds. The number of aromatic nitrogens is 3. The fourth-order valence-corrected chi connectivity index (χ4v) is 5.87. The molecule has 2 aromatic rings. The van der Waals surface area contributed by atoms with Crippen LogP contribution in [-0.2, 0) is 9.59 Å². The quantitative estimate of drug-likeness (QED) is 0.211. The number of hydrogen-bond acceptors (Lipinski definition) is 12. The highest BCUT2D eigenvalue weighted by molar-refractivity contribution is 5.82. The maximum atomic E-state index is 12.4. The predicted octanol–water partition coefficient (Wildman–Crippen LogP) is 2.28. The van der Waals surface area contributed by atoms with Gasteiger partial charge in [0.2, 0.25) is 23.8 Å². The third-order valence-electron chi connectivity index (χ3n) is 8.53. The molecule has 0 aliphatic carbocycles. The molecule has 2 saturated heterocycles. The van der Waals surface area contributed by atoms with Crippen molar-refractivity contribution < 1.29 is 19.4 Å². The highest BCUT2D eigenvalue weighted by Crippen LogP contribution is 2.30. The van der Waals surface area contributed by atoms with Crippen LogP contribution in [0, 0.1) is 5.92 Å². The molecular formula is C32H46N10O4. The Morgan fingerprint density at radius 1 is 0.978 bits per heavy atom.